The number of benzene rings is 2. The zero-order valence-corrected chi connectivity index (χ0v) is 17.4. The van der Waals surface area contributed by atoms with Crippen molar-refractivity contribution < 1.29 is 4.79 Å². The molecule has 0 atom stereocenters. The average Bonchev–Trinajstić information content (AvgIpc) is 3.00. The number of nitrogen functional groups attached to an aromatic ring is 1. The molecule has 0 bridgehead atoms. The Morgan fingerprint density at radius 3 is 2.45 bits per heavy atom. The van der Waals surface area contributed by atoms with Crippen molar-refractivity contribution in [1.29, 1.82) is 0 Å². The van der Waals surface area contributed by atoms with Crippen LogP contribution in [0, 0.1) is 13.8 Å². The summed E-state index contributed by atoms with van der Waals surface area (Å²) in [5.41, 5.74) is 5.23. The normalized spacial score (nSPS) is 16.1. The molecule has 31 heavy (non-hydrogen) atoms. The van der Waals surface area contributed by atoms with Crippen LogP contribution in [0.3, 0.4) is 0 Å². The Labute approximate surface area is 178 Å². The molecule has 0 unspecified atom stereocenters. The van der Waals surface area contributed by atoms with Gasteiger partial charge in [-0.15, -0.1) is 0 Å². The number of nitrogens with zero attached hydrogens (tertiary/aromatic N) is 3. The number of hydrogen-bond acceptors (Lipinski definition) is 5. The fraction of sp³-hybridized carbons (Fsp3) is 0.304. The predicted molar refractivity (Wildman–Crippen MR) is 117 cm³/mol. The second-order valence-electron chi connectivity index (χ2n) is 8.55. The van der Waals surface area contributed by atoms with Gasteiger partial charge in [0.1, 0.15) is 6.20 Å². The van der Waals surface area contributed by atoms with Gasteiger partial charge in [-0.3, -0.25) is 9.59 Å². The van der Waals surface area contributed by atoms with Gasteiger partial charge in [0.25, 0.3) is 5.56 Å². The minimum atomic E-state index is -0.694. The van der Waals surface area contributed by atoms with Crippen LogP contribution in [0.15, 0.2) is 46.1 Å². The van der Waals surface area contributed by atoms with Crippen LogP contribution in [0.5, 0.6) is 0 Å². The number of aryl methyl sites for hydroxylation is 2. The number of aromatic nitrogens is 3. The second kappa shape index (κ2) is 6.66. The van der Waals surface area contributed by atoms with Crippen LogP contribution in [0.25, 0.3) is 5.69 Å². The van der Waals surface area contributed by atoms with Gasteiger partial charge in [-0.25, -0.2) is 4.79 Å². The molecule has 5 rings (SSSR count). The summed E-state index contributed by atoms with van der Waals surface area (Å²) in [5.74, 6) is 5.65. The third-order valence-corrected chi connectivity index (χ3v) is 6.70. The number of rotatable bonds is 3. The van der Waals surface area contributed by atoms with Gasteiger partial charge in [-0.05, 0) is 79.1 Å². The van der Waals surface area contributed by atoms with Crippen LogP contribution in [0.1, 0.15) is 47.1 Å². The van der Waals surface area contributed by atoms with Crippen LogP contribution < -0.4 is 22.4 Å². The highest BCUT2D eigenvalue weighted by Crippen LogP contribution is 2.51. The SMILES string of the molecule is Cc1cc(-n2ncc(=O)n(N)c2=O)cc(C)c1Cc1ccc2c(c1)C1(CCC1)C(=O)N2. The van der Waals surface area contributed by atoms with Gasteiger partial charge < -0.3 is 11.2 Å². The lowest BCUT2D eigenvalue weighted by atomic mass is 9.65. The van der Waals surface area contributed by atoms with E-state index in [0.29, 0.717) is 16.8 Å². The average molecular weight is 417 g/mol. The van der Waals surface area contributed by atoms with E-state index in [0.717, 1.165) is 63.6 Å². The summed E-state index contributed by atoms with van der Waals surface area (Å²) in [4.78, 5) is 36.3. The number of amides is 1. The van der Waals surface area contributed by atoms with Crippen molar-refractivity contribution in [3.05, 3.63) is 85.2 Å². The number of nitrogens with one attached hydrogen (secondary N) is 1. The molecule has 3 aromatic rings. The van der Waals surface area contributed by atoms with Crippen molar-refractivity contribution in [3.63, 3.8) is 0 Å². The minimum Gasteiger partial charge on any atom is -0.332 e. The first-order valence-electron chi connectivity index (χ1n) is 10.3. The lowest BCUT2D eigenvalue weighted by Crippen LogP contribution is -2.44. The monoisotopic (exact) mass is 417 g/mol. The van der Waals surface area contributed by atoms with Crippen molar-refractivity contribution in [1.82, 2.24) is 14.5 Å². The number of carbonyl (C=O) groups excluding carboxylic acids is 1. The molecule has 0 saturated heterocycles. The van der Waals surface area contributed by atoms with Crippen LogP contribution in [-0.2, 0) is 16.6 Å². The third kappa shape index (κ3) is 2.82. The van der Waals surface area contributed by atoms with E-state index in [1.807, 2.05) is 32.0 Å². The van der Waals surface area contributed by atoms with Gasteiger partial charge in [-0.2, -0.15) is 14.5 Å². The van der Waals surface area contributed by atoms with Crippen molar-refractivity contribution in [2.75, 3.05) is 11.2 Å². The van der Waals surface area contributed by atoms with E-state index >= 15 is 0 Å². The third-order valence-electron chi connectivity index (χ3n) is 6.70. The van der Waals surface area contributed by atoms with E-state index < -0.39 is 11.2 Å². The summed E-state index contributed by atoms with van der Waals surface area (Å²) >= 11 is 0. The van der Waals surface area contributed by atoms with Crippen LogP contribution >= 0.6 is 0 Å². The lowest BCUT2D eigenvalue weighted by Gasteiger charge is -2.36. The summed E-state index contributed by atoms with van der Waals surface area (Å²) in [6.07, 6.45) is 4.64. The number of carbonyl (C=O) groups is 1. The summed E-state index contributed by atoms with van der Waals surface area (Å²) in [7, 11) is 0. The maximum Gasteiger partial charge on any atom is 0.370 e. The Balaban J connectivity index is 1.51. The predicted octanol–water partition coefficient (Wildman–Crippen LogP) is 1.69. The molecular weight excluding hydrogens is 394 g/mol. The molecule has 0 radical (unpaired) electrons. The maximum atomic E-state index is 12.5. The zero-order valence-electron chi connectivity index (χ0n) is 17.4. The van der Waals surface area contributed by atoms with E-state index in [1.54, 1.807) is 0 Å². The van der Waals surface area contributed by atoms with Gasteiger partial charge >= 0.3 is 5.69 Å². The van der Waals surface area contributed by atoms with Crippen LogP contribution in [0.2, 0.25) is 0 Å². The number of fused-ring (bicyclic) bond motifs is 2. The number of hydrogen-bond donors (Lipinski definition) is 2. The first-order valence-corrected chi connectivity index (χ1v) is 10.3. The molecule has 2 heterocycles. The van der Waals surface area contributed by atoms with Crippen LogP contribution in [-0.4, -0.2) is 20.4 Å². The largest absolute Gasteiger partial charge is 0.370 e. The summed E-state index contributed by atoms with van der Waals surface area (Å²) in [5, 5.41) is 6.97. The lowest BCUT2D eigenvalue weighted by molar-refractivity contribution is -0.123. The fourth-order valence-electron chi connectivity index (χ4n) is 4.77. The second-order valence-corrected chi connectivity index (χ2v) is 8.55. The molecule has 1 spiro atoms. The van der Waals surface area contributed by atoms with E-state index in [4.69, 9.17) is 5.84 Å². The molecule has 8 heteroatoms. The quantitative estimate of drug-likeness (QED) is 0.630. The topological polar surface area (TPSA) is 112 Å². The van der Waals surface area contributed by atoms with Gasteiger partial charge in [0.15, 0.2) is 0 Å². The Kier molecular flexibility index (Phi) is 4.15. The van der Waals surface area contributed by atoms with Crippen LogP contribution in [0.4, 0.5) is 5.69 Å². The highest BCUT2D eigenvalue weighted by atomic mass is 16.2. The van der Waals surface area contributed by atoms with E-state index in [2.05, 4.69) is 22.5 Å². The first kappa shape index (κ1) is 19.3. The minimum absolute atomic E-state index is 0.127. The molecule has 1 fully saturated rings. The smallest absolute Gasteiger partial charge is 0.332 e. The Morgan fingerprint density at radius 1 is 1.10 bits per heavy atom. The molecule has 1 aliphatic carbocycles. The van der Waals surface area contributed by atoms with E-state index in [1.165, 1.54) is 0 Å². The van der Waals surface area contributed by atoms with Crippen molar-refractivity contribution in [2.45, 2.75) is 44.9 Å². The molecular formula is C23H23N5O3. The number of anilines is 1. The molecule has 1 saturated carbocycles. The van der Waals surface area contributed by atoms with E-state index in [-0.39, 0.29) is 11.3 Å². The van der Waals surface area contributed by atoms with Gasteiger partial charge in [0.2, 0.25) is 5.91 Å². The Bertz CT molecular complexity index is 1340. The standard InChI is InChI=1S/C23H23N5O3/c1-13-8-16(28-22(31)27(24)20(29)12-25-28)9-14(2)17(13)10-15-4-5-19-18(11-15)23(6-3-7-23)21(30)26-19/h4-5,8-9,11-12H,3,6-7,10,24H2,1-2H3,(H,26,30). The summed E-state index contributed by atoms with van der Waals surface area (Å²) < 4.78 is 1.67. The summed E-state index contributed by atoms with van der Waals surface area (Å²) in [6.45, 7) is 3.97. The number of nitrogens with two attached hydrogens (primary N) is 1. The Morgan fingerprint density at radius 2 is 1.81 bits per heavy atom. The van der Waals surface area contributed by atoms with Gasteiger partial charge in [-0.1, -0.05) is 18.6 Å². The highest BCUT2D eigenvalue weighted by Gasteiger charge is 2.50. The van der Waals surface area contributed by atoms with Crippen molar-refractivity contribution in [3.8, 4) is 5.69 Å². The van der Waals surface area contributed by atoms with E-state index in [9.17, 15) is 14.4 Å². The maximum absolute atomic E-state index is 12.5. The first-order chi connectivity index (χ1) is 14.8. The molecule has 2 aliphatic rings. The molecule has 3 N–H and O–H groups in total. The molecule has 1 amide bonds. The molecule has 1 aliphatic heterocycles. The summed E-state index contributed by atoms with van der Waals surface area (Å²) in [6, 6.07) is 9.96. The van der Waals surface area contributed by atoms with Gasteiger partial charge in [0, 0.05) is 5.69 Å². The molecule has 1 aromatic heterocycles. The van der Waals surface area contributed by atoms with Gasteiger partial charge in [0.05, 0.1) is 11.1 Å². The molecule has 158 valence electrons. The molecule has 8 nitrogen and oxygen atoms in total. The molecule has 2 aromatic carbocycles. The fourth-order valence-corrected chi connectivity index (χ4v) is 4.77. The zero-order chi connectivity index (χ0) is 21.9. The Hall–Kier alpha value is -3.68. The highest BCUT2D eigenvalue weighted by molar-refractivity contribution is 6.07. The van der Waals surface area contributed by atoms with Crippen molar-refractivity contribution in [2.24, 2.45) is 0 Å². The van der Waals surface area contributed by atoms with Crippen molar-refractivity contribution >= 4 is 11.6 Å².